The van der Waals surface area contributed by atoms with E-state index < -0.39 is 11.7 Å². The van der Waals surface area contributed by atoms with Crippen LogP contribution >= 0.6 is 0 Å². The first-order chi connectivity index (χ1) is 10.8. The van der Waals surface area contributed by atoms with E-state index in [1.807, 2.05) is 6.92 Å². The van der Waals surface area contributed by atoms with Gasteiger partial charge in [0.05, 0.1) is 5.56 Å². The van der Waals surface area contributed by atoms with E-state index in [2.05, 4.69) is 11.9 Å². The third kappa shape index (κ3) is 4.82. The SMILES string of the molecule is C=CC(=O)N(CC)C[C@H]1C[C@@H]1NCc1cccc(C(F)(F)F)c1. The van der Waals surface area contributed by atoms with Crippen LogP contribution in [0.1, 0.15) is 24.5 Å². The highest BCUT2D eigenvalue weighted by atomic mass is 19.4. The molecule has 1 amide bonds. The first-order valence-electron chi connectivity index (χ1n) is 7.66. The minimum absolute atomic E-state index is 0.0870. The topological polar surface area (TPSA) is 32.3 Å². The van der Waals surface area contributed by atoms with Gasteiger partial charge in [-0.1, -0.05) is 24.8 Å². The highest BCUT2D eigenvalue weighted by molar-refractivity contribution is 5.86. The van der Waals surface area contributed by atoms with Crippen molar-refractivity contribution in [2.75, 3.05) is 13.1 Å². The van der Waals surface area contributed by atoms with Crippen molar-refractivity contribution >= 4 is 5.91 Å². The molecule has 2 atom stereocenters. The van der Waals surface area contributed by atoms with Crippen LogP contribution in [0.2, 0.25) is 0 Å². The molecule has 1 fully saturated rings. The predicted molar refractivity (Wildman–Crippen MR) is 82.6 cm³/mol. The fourth-order valence-corrected chi connectivity index (χ4v) is 2.59. The zero-order valence-electron chi connectivity index (χ0n) is 13.1. The summed E-state index contributed by atoms with van der Waals surface area (Å²) in [5.74, 6) is 0.265. The second-order valence-electron chi connectivity index (χ2n) is 5.76. The van der Waals surface area contributed by atoms with E-state index in [9.17, 15) is 18.0 Å². The van der Waals surface area contributed by atoms with Crippen LogP contribution in [0.3, 0.4) is 0 Å². The number of halogens is 3. The maximum atomic E-state index is 12.7. The van der Waals surface area contributed by atoms with E-state index in [1.54, 1.807) is 11.0 Å². The van der Waals surface area contributed by atoms with Crippen LogP contribution in [0.5, 0.6) is 0 Å². The average molecular weight is 326 g/mol. The summed E-state index contributed by atoms with van der Waals surface area (Å²) in [5.41, 5.74) is -0.0159. The van der Waals surface area contributed by atoms with E-state index in [4.69, 9.17) is 0 Å². The zero-order valence-corrected chi connectivity index (χ0v) is 13.1. The molecular weight excluding hydrogens is 305 g/mol. The molecule has 0 saturated heterocycles. The van der Waals surface area contributed by atoms with Crippen molar-refractivity contribution in [2.45, 2.75) is 32.1 Å². The van der Waals surface area contributed by atoms with Gasteiger partial charge in [-0.25, -0.2) is 0 Å². The third-order valence-electron chi connectivity index (χ3n) is 4.07. The van der Waals surface area contributed by atoms with Crippen LogP contribution in [0.15, 0.2) is 36.9 Å². The Bertz CT molecular complexity index is 571. The smallest absolute Gasteiger partial charge is 0.339 e. The van der Waals surface area contributed by atoms with Gasteiger partial charge in [0, 0.05) is 25.7 Å². The summed E-state index contributed by atoms with van der Waals surface area (Å²) in [6.07, 6.45) is -2.08. The van der Waals surface area contributed by atoms with Crippen molar-refractivity contribution in [1.29, 1.82) is 0 Å². The van der Waals surface area contributed by atoms with Gasteiger partial charge >= 0.3 is 6.18 Å². The average Bonchev–Trinajstić information content (AvgIpc) is 3.27. The molecular formula is C17H21F3N2O. The normalized spacial score (nSPS) is 20.2. The molecule has 0 radical (unpaired) electrons. The Morgan fingerprint density at radius 2 is 2.22 bits per heavy atom. The molecule has 23 heavy (non-hydrogen) atoms. The minimum Gasteiger partial charge on any atom is -0.339 e. The molecule has 1 aromatic carbocycles. The summed E-state index contributed by atoms with van der Waals surface area (Å²) in [5, 5.41) is 3.26. The van der Waals surface area contributed by atoms with Gasteiger partial charge < -0.3 is 10.2 Å². The lowest BCUT2D eigenvalue weighted by atomic mass is 10.1. The van der Waals surface area contributed by atoms with Crippen molar-refractivity contribution in [3.63, 3.8) is 0 Å². The van der Waals surface area contributed by atoms with Gasteiger partial charge in [0.25, 0.3) is 0 Å². The number of nitrogens with one attached hydrogen (secondary N) is 1. The fraction of sp³-hybridized carbons (Fsp3) is 0.471. The number of likely N-dealkylation sites (N-methyl/N-ethyl adjacent to an activating group) is 1. The van der Waals surface area contributed by atoms with Crippen LogP contribution in [-0.2, 0) is 17.5 Å². The molecule has 0 heterocycles. The predicted octanol–water partition coefficient (Wildman–Crippen LogP) is 3.22. The molecule has 1 aliphatic carbocycles. The number of rotatable bonds is 7. The maximum absolute atomic E-state index is 12.7. The van der Waals surface area contributed by atoms with Crippen molar-refractivity contribution in [2.24, 2.45) is 5.92 Å². The molecule has 1 N–H and O–H groups in total. The third-order valence-corrected chi connectivity index (χ3v) is 4.07. The molecule has 0 aromatic heterocycles. The summed E-state index contributed by atoms with van der Waals surface area (Å²) in [6, 6.07) is 5.59. The van der Waals surface area contributed by atoms with E-state index in [-0.39, 0.29) is 11.9 Å². The second-order valence-corrected chi connectivity index (χ2v) is 5.76. The molecule has 0 unspecified atom stereocenters. The van der Waals surface area contributed by atoms with Gasteiger partial charge in [0.2, 0.25) is 5.91 Å². The molecule has 3 nitrogen and oxygen atoms in total. The second kappa shape index (κ2) is 7.17. The largest absolute Gasteiger partial charge is 0.416 e. The molecule has 2 rings (SSSR count). The number of benzene rings is 1. The highest BCUT2D eigenvalue weighted by Gasteiger charge is 2.38. The summed E-state index contributed by atoms with van der Waals surface area (Å²) in [7, 11) is 0. The van der Waals surface area contributed by atoms with Gasteiger partial charge in [-0.15, -0.1) is 0 Å². The van der Waals surface area contributed by atoms with Crippen molar-refractivity contribution in [1.82, 2.24) is 10.2 Å². The van der Waals surface area contributed by atoms with Crippen molar-refractivity contribution < 1.29 is 18.0 Å². The van der Waals surface area contributed by atoms with E-state index in [1.165, 1.54) is 18.2 Å². The Kier molecular flexibility index (Phi) is 5.46. The van der Waals surface area contributed by atoms with Crippen LogP contribution in [-0.4, -0.2) is 29.9 Å². The highest BCUT2D eigenvalue weighted by Crippen LogP contribution is 2.32. The molecule has 6 heteroatoms. The lowest BCUT2D eigenvalue weighted by molar-refractivity contribution is -0.137. The van der Waals surface area contributed by atoms with Crippen LogP contribution < -0.4 is 5.32 Å². The van der Waals surface area contributed by atoms with Gasteiger partial charge in [-0.3, -0.25) is 4.79 Å². The van der Waals surface area contributed by atoms with E-state index in [0.717, 1.165) is 12.5 Å². The Hall–Kier alpha value is -1.82. The van der Waals surface area contributed by atoms with Crippen LogP contribution in [0.4, 0.5) is 13.2 Å². The monoisotopic (exact) mass is 326 g/mol. The number of nitrogens with zero attached hydrogens (tertiary/aromatic N) is 1. The lowest BCUT2D eigenvalue weighted by Crippen LogP contribution is -2.32. The molecule has 126 valence electrons. The lowest BCUT2D eigenvalue weighted by Gasteiger charge is -2.19. The molecule has 0 spiro atoms. The fourth-order valence-electron chi connectivity index (χ4n) is 2.59. The van der Waals surface area contributed by atoms with Crippen molar-refractivity contribution in [3.8, 4) is 0 Å². The molecule has 0 aliphatic heterocycles. The van der Waals surface area contributed by atoms with Crippen molar-refractivity contribution in [3.05, 3.63) is 48.0 Å². The Labute approximate surface area is 134 Å². The van der Waals surface area contributed by atoms with E-state index >= 15 is 0 Å². The molecule has 1 aromatic rings. The number of carbonyl (C=O) groups is 1. The van der Waals surface area contributed by atoms with Gasteiger partial charge in [-0.05, 0) is 37.0 Å². The van der Waals surface area contributed by atoms with Gasteiger partial charge in [-0.2, -0.15) is 13.2 Å². The summed E-state index contributed by atoms with van der Waals surface area (Å²) in [4.78, 5) is 13.3. The minimum atomic E-state index is -4.31. The number of hydrogen-bond acceptors (Lipinski definition) is 2. The zero-order chi connectivity index (χ0) is 17.0. The summed E-state index contributed by atoms with van der Waals surface area (Å²) in [6.45, 7) is 7.07. The maximum Gasteiger partial charge on any atom is 0.416 e. The number of carbonyl (C=O) groups excluding carboxylic acids is 1. The van der Waals surface area contributed by atoms with Gasteiger partial charge in [0.15, 0.2) is 0 Å². The van der Waals surface area contributed by atoms with Gasteiger partial charge in [0.1, 0.15) is 0 Å². The number of amides is 1. The first-order valence-corrected chi connectivity index (χ1v) is 7.66. The van der Waals surface area contributed by atoms with Crippen LogP contribution in [0, 0.1) is 5.92 Å². The Morgan fingerprint density at radius 1 is 1.48 bits per heavy atom. The molecule has 1 aliphatic rings. The summed E-state index contributed by atoms with van der Waals surface area (Å²) < 4.78 is 38.0. The Morgan fingerprint density at radius 3 is 2.83 bits per heavy atom. The molecule has 0 bridgehead atoms. The number of alkyl halides is 3. The standard InChI is InChI=1S/C17H21F3N2O/c1-3-16(23)22(4-2)11-13-9-15(13)21-10-12-6-5-7-14(8-12)17(18,19)20/h3,5-8,13,15,21H,1,4,9-11H2,2H3/t13-,15+/m1/s1. The van der Waals surface area contributed by atoms with E-state index in [0.29, 0.717) is 31.1 Å². The Balaban J connectivity index is 1.82. The number of hydrogen-bond donors (Lipinski definition) is 1. The summed E-state index contributed by atoms with van der Waals surface area (Å²) >= 11 is 0. The quantitative estimate of drug-likeness (QED) is 0.780. The van der Waals surface area contributed by atoms with Crippen LogP contribution in [0.25, 0.3) is 0 Å². The first kappa shape index (κ1) is 17.5. The molecule has 1 saturated carbocycles.